The molecule has 8 heteroatoms. The van der Waals surface area contributed by atoms with Crippen LogP contribution in [0.15, 0.2) is 77.7 Å². The van der Waals surface area contributed by atoms with Crippen LogP contribution in [0.5, 0.6) is 0 Å². The minimum Gasteiger partial charge on any atom is -0.379 e. The van der Waals surface area contributed by atoms with Crippen LogP contribution in [-0.2, 0) is 21.3 Å². The summed E-state index contributed by atoms with van der Waals surface area (Å²) in [6, 6.07) is 20.8. The Labute approximate surface area is 194 Å². The number of hydrogen-bond acceptors (Lipinski definition) is 5. The lowest BCUT2D eigenvalue weighted by molar-refractivity contribution is 0.0342. The van der Waals surface area contributed by atoms with Crippen LogP contribution in [0.4, 0.5) is 11.4 Å². The van der Waals surface area contributed by atoms with Gasteiger partial charge in [-0.15, -0.1) is 0 Å². The molecule has 4 rings (SSSR count). The van der Waals surface area contributed by atoms with Gasteiger partial charge in [0.15, 0.2) is 0 Å². The van der Waals surface area contributed by atoms with E-state index in [1.807, 2.05) is 25.1 Å². The van der Waals surface area contributed by atoms with Crippen LogP contribution in [0.2, 0.25) is 0 Å². The largest absolute Gasteiger partial charge is 0.379 e. The Balaban J connectivity index is 1.38. The second kappa shape index (κ2) is 10.2. The van der Waals surface area contributed by atoms with Crippen molar-refractivity contribution in [1.29, 1.82) is 0 Å². The van der Waals surface area contributed by atoms with Gasteiger partial charge in [-0.3, -0.25) is 14.4 Å². The maximum absolute atomic E-state index is 12.7. The monoisotopic (exact) mass is 465 g/mol. The molecular weight excluding hydrogens is 438 g/mol. The molecule has 0 unspecified atom stereocenters. The number of benzene rings is 3. The molecule has 33 heavy (non-hydrogen) atoms. The van der Waals surface area contributed by atoms with Gasteiger partial charge in [-0.25, -0.2) is 8.42 Å². The average molecular weight is 466 g/mol. The van der Waals surface area contributed by atoms with Crippen molar-refractivity contribution in [3.63, 3.8) is 0 Å². The van der Waals surface area contributed by atoms with E-state index in [9.17, 15) is 13.2 Å². The van der Waals surface area contributed by atoms with Crippen molar-refractivity contribution < 1.29 is 17.9 Å². The lowest BCUT2D eigenvalue weighted by atomic mass is 10.1. The zero-order valence-corrected chi connectivity index (χ0v) is 19.3. The van der Waals surface area contributed by atoms with Gasteiger partial charge in [0, 0.05) is 36.6 Å². The van der Waals surface area contributed by atoms with Crippen molar-refractivity contribution in [1.82, 2.24) is 4.90 Å². The number of hydrogen-bond donors (Lipinski definition) is 2. The van der Waals surface area contributed by atoms with E-state index in [0.717, 1.165) is 44.0 Å². The van der Waals surface area contributed by atoms with Crippen molar-refractivity contribution in [2.75, 3.05) is 36.3 Å². The molecule has 3 aromatic carbocycles. The van der Waals surface area contributed by atoms with Gasteiger partial charge in [0.25, 0.3) is 15.9 Å². The number of amides is 1. The lowest BCUT2D eigenvalue weighted by Crippen LogP contribution is -2.35. The molecule has 0 aromatic heterocycles. The number of anilines is 2. The summed E-state index contributed by atoms with van der Waals surface area (Å²) >= 11 is 0. The van der Waals surface area contributed by atoms with Crippen LogP contribution in [0.3, 0.4) is 0 Å². The summed E-state index contributed by atoms with van der Waals surface area (Å²) in [4.78, 5) is 15.2. The molecule has 1 heterocycles. The molecule has 0 atom stereocenters. The molecule has 2 N–H and O–H groups in total. The molecule has 1 aliphatic rings. The van der Waals surface area contributed by atoms with Crippen LogP contribution >= 0.6 is 0 Å². The van der Waals surface area contributed by atoms with Gasteiger partial charge >= 0.3 is 0 Å². The number of nitrogens with one attached hydrogen (secondary N) is 2. The van der Waals surface area contributed by atoms with E-state index >= 15 is 0 Å². The molecule has 0 spiro atoms. The number of aryl methyl sites for hydroxylation is 1. The van der Waals surface area contributed by atoms with Crippen molar-refractivity contribution in [3.05, 3.63) is 89.5 Å². The fraction of sp³-hybridized carbons (Fsp3) is 0.240. The first-order valence-corrected chi connectivity index (χ1v) is 12.3. The predicted octanol–water partition coefficient (Wildman–Crippen LogP) is 3.88. The van der Waals surface area contributed by atoms with E-state index < -0.39 is 10.0 Å². The number of sulfonamides is 1. The van der Waals surface area contributed by atoms with Gasteiger partial charge in [0.2, 0.25) is 0 Å². The first-order valence-electron chi connectivity index (χ1n) is 10.8. The summed E-state index contributed by atoms with van der Waals surface area (Å²) in [7, 11) is -3.68. The first kappa shape index (κ1) is 23.0. The van der Waals surface area contributed by atoms with E-state index in [-0.39, 0.29) is 10.8 Å². The van der Waals surface area contributed by atoms with Gasteiger partial charge in [-0.1, -0.05) is 29.8 Å². The summed E-state index contributed by atoms with van der Waals surface area (Å²) in [6.07, 6.45) is 0. The molecule has 172 valence electrons. The highest BCUT2D eigenvalue weighted by molar-refractivity contribution is 7.92. The minimum atomic E-state index is -3.68. The normalized spacial score (nSPS) is 14.6. The maximum atomic E-state index is 12.7. The highest BCUT2D eigenvalue weighted by Gasteiger charge is 2.15. The molecule has 0 radical (unpaired) electrons. The molecule has 1 fully saturated rings. The number of nitrogens with zero attached hydrogens (tertiary/aromatic N) is 1. The Hall–Kier alpha value is -3.20. The van der Waals surface area contributed by atoms with E-state index in [4.69, 9.17) is 4.74 Å². The third-order valence-corrected chi connectivity index (χ3v) is 6.82. The molecule has 0 aliphatic carbocycles. The number of carbonyl (C=O) groups excluding carboxylic acids is 1. The van der Waals surface area contributed by atoms with Crippen LogP contribution < -0.4 is 10.0 Å². The lowest BCUT2D eigenvalue weighted by Gasteiger charge is -2.26. The Kier molecular flexibility index (Phi) is 7.08. The smallest absolute Gasteiger partial charge is 0.261 e. The van der Waals surface area contributed by atoms with Gasteiger partial charge in [-0.2, -0.15) is 0 Å². The molecule has 1 amide bonds. The second-order valence-corrected chi connectivity index (χ2v) is 9.72. The zero-order chi connectivity index (χ0) is 23.3. The minimum absolute atomic E-state index is 0.197. The molecule has 0 saturated carbocycles. The topological polar surface area (TPSA) is 87.7 Å². The standard InChI is InChI=1S/C25H27N3O4S/c1-19-5-11-24(12-6-19)33(30,31)27-23-9-7-22(8-10-23)26-25(29)21-4-2-3-20(17-21)18-28-13-15-32-16-14-28/h2-12,17,27H,13-16,18H2,1H3,(H,26,29). The summed E-state index contributed by atoms with van der Waals surface area (Å²) in [6.45, 7) is 5.92. The Morgan fingerprint density at radius 2 is 1.61 bits per heavy atom. The number of rotatable bonds is 7. The summed E-state index contributed by atoms with van der Waals surface area (Å²) in [5.41, 5.74) is 3.63. The van der Waals surface area contributed by atoms with E-state index in [0.29, 0.717) is 16.9 Å². The maximum Gasteiger partial charge on any atom is 0.261 e. The van der Waals surface area contributed by atoms with E-state index in [1.165, 1.54) is 0 Å². The highest BCUT2D eigenvalue weighted by atomic mass is 32.2. The van der Waals surface area contributed by atoms with Crippen molar-refractivity contribution in [2.24, 2.45) is 0 Å². The quantitative estimate of drug-likeness (QED) is 0.553. The van der Waals surface area contributed by atoms with E-state index in [2.05, 4.69) is 14.9 Å². The first-order chi connectivity index (χ1) is 15.9. The number of morpholine rings is 1. The van der Waals surface area contributed by atoms with Gasteiger partial charge in [-0.05, 0) is 61.0 Å². The third-order valence-electron chi connectivity index (χ3n) is 5.43. The van der Waals surface area contributed by atoms with Crippen LogP contribution in [0.1, 0.15) is 21.5 Å². The fourth-order valence-electron chi connectivity index (χ4n) is 3.58. The zero-order valence-electron chi connectivity index (χ0n) is 18.5. The molecular formula is C25H27N3O4S. The Morgan fingerprint density at radius 1 is 0.939 bits per heavy atom. The Morgan fingerprint density at radius 3 is 2.30 bits per heavy atom. The average Bonchev–Trinajstić information content (AvgIpc) is 2.81. The van der Waals surface area contributed by atoms with Crippen LogP contribution in [0.25, 0.3) is 0 Å². The van der Waals surface area contributed by atoms with Gasteiger partial charge in [0.05, 0.1) is 18.1 Å². The number of ether oxygens (including phenoxy) is 1. The molecule has 1 saturated heterocycles. The van der Waals surface area contributed by atoms with E-state index in [1.54, 1.807) is 54.6 Å². The van der Waals surface area contributed by atoms with Crippen molar-refractivity contribution in [3.8, 4) is 0 Å². The summed E-state index contributed by atoms with van der Waals surface area (Å²) < 4.78 is 33.0. The molecule has 1 aliphatic heterocycles. The van der Waals surface area contributed by atoms with Gasteiger partial charge in [0.1, 0.15) is 0 Å². The SMILES string of the molecule is Cc1ccc(S(=O)(=O)Nc2ccc(NC(=O)c3cccc(CN4CCOCC4)c3)cc2)cc1. The highest BCUT2D eigenvalue weighted by Crippen LogP contribution is 2.20. The molecule has 3 aromatic rings. The second-order valence-electron chi connectivity index (χ2n) is 8.04. The fourth-order valence-corrected chi connectivity index (χ4v) is 4.64. The summed E-state index contributed by atoms with van der Waals surface area (Å²) in [5.74, 6) is -0.216. The van der Waals surface area contributed by atoms with Gasteiger partial charge < -0.3 is 10.1 Å². The predicted molar refractivity (Wildman–Crippen MR) is 129 cm³/mol. The number of carbonyl (C=O) groups is 1. The van der Waals surface area contributed by atoms with Crippen molar-refractivity contribution >= 4 is 27.3 Å². The third kappa shape index (κ3) is 6.19. The molecule has 7 nitrogen and oxygen atoms in total. The summed E-state index contributed by atoms with van der Waals surface area (Å²) in [5, 5.41) is 2.87. The van der Waals surface area contributed by atoms with Crippen molar-refractivity contribution in [2.45, 2.75) is 18.4 Å². The molecule has 0 bridgehead atoms. The van der Waals surface area contributed by atoms with Crippen LogP contribution in [0, 0.1) is 6.92 Å². The Bertz CT molecular complexity index is 1200. The van der Waals surface area contributed by atoms with Crippen LogP contribution in [-0.4, -0.2) is 45.5 Å².